The minimum Gasteiger partial charge on any atom is -0.488 e. The van der Waals surface area contributed by atoms with E-state index in [9.17, 15) is 0 Å². The molecule has 0 aromatic carbocycles. The Kier molecular flexibility index (Phi) is 3.11. The van der Waals surface area contributed by atoms with Crippen molar-refractivity contribution in [2.45, 2.75) is 39.9 Å². The average molecular weight is 195 g/mol. The summed E-state index contributed by atoms with van der Waals surface area (Å²) in [5.41, 5.74) is 1.37. The molecule has 1 rings (SSSR count). The van der Waals surface area contributed by atoms with E-state index in [4.69, 9.17) is 9.84 Å². The highest BCUT2D eigenvalue weighted by molar-refractivity contribution is 5.32. The molecule has 0 fully saturated rings. The van der Waals surface area contributed by atoms with Crippen molar-refractivity contribution in [2.75, 3.05) is 0 Å². The quantitative estimate of drug-likeness (QED) is 0.785. The van der Waals surface area contributed by atoms with E-state index >= 15 is 0 Å². The molecule has 3 heteroatoms. The minimum absolute atomic E-state index is 0.0430. The maximum absolute atomic E-state index is 9.09. The summed E-state index contributed by atoms with van der Waals surface area (Å²) >= 11 is 0. The van der Waals surface area contributed by atoms with Gasteiger partial charge in [0.1, 0.15) is 11.4 Å². The third-order valence-corrected chi connectivity index (χ3v) is 1.67. The summed E-state index contributed by atoms with van der Waals surface area (Å²) in [6, 6.07) is 1.84. The largest absolute Gasteiger partial charge is 0.488 e. The van der Waals surface area contributed by atoms with Crippen LogP contribution in [0, 0.1) is 6.92 Å². The standard InChI is InChI=1S/C11H17NO2/c1-8-5-10(14-11(2,3)4)9(7-13)6-12-8/h5-6,13H,7H2,1-4H3. The van der Waals surface area contributed by atoms with Crippen LogP contribution >= 0.6 is 0 Å². The second-order valence-electron chi connectivity index (χ2n) is 4.31. The predicted octanol–water partition coefficient (Wildman–Crippen LogP) is 2.06. The third kappa shape index (κ3) is 3.00. The molecule has 0 atom stereocenters. The first-order chi connectivity index (χ1) is 6.42. The fraction of sp³-hybridized carbons (Fsp3) is 0.545. The van der Waals surface area contributed by atoms with E-state index in [2.05, 4.69) is 4.98 Å². The zero-order valence-corrected chi connectivity index (χ0v) is 9.16. The Morgan fingerprint density at radius 1 is 1.43 bits per heavy atom. The average Bonchev–Trinajstić information content (AvgIpc) is 2.01. The van der Waals surface area contributed by atoms with E-state index in [1.54, 1.807) is 6.20 Å². The lowest BCUT2D eigenvalue weighted by Gasteiger charge is -2.22. The first-order valence-corrected chi connectivity index (χ1v) is 4.68. The Labute approximate surface area is 84.7 Å². The van der Waals surface area contributed by atoms with Crippen LogP contribution in [0.5, 0.6) is 5.75 Å². The van der Waals surface area contributed by atoms with Crippen molar-refractivity contribution in [1.82, 2.24) is 4.98 Å². The fourth-order valence-corrected chi connectivity index (χ4v) is 1.11. The maximum atomic E-state index is 9.09. The molecule has 1 heterocycles. The Hall–Kier alpha value is -1.09. The molecule has 3 nitrogen and oxygen atoms in total. The van der Waals surface area contributed by atoms with Gasteiger partial charge in [-0.05, 0) is 27.7 Å². The molecular weight excluding hydrogens is 178 g/mol. The van der Waals surface area contributed by atoms with Crippen LogP contribution in [0.3, 0.4) is 0 Å². The topological polar surface area (TPSA) is 42.4 Å². The van der Waals surface area contributed by atoms with Crippen molar-refractivity contribution in [2.24, 2.45) is 0 Å². The van der Waals surface area contributed by atoms with Gasteiger partial charge in [0.2, 0.25) is 0 Å². The molecule has 0 bridgehead atoms. The summed E-state index contributed by atoms with van der Waals surface area (Å²) in [7, 11) is 0. The van der Waals surface area contributed by atoms with Gasteiger partial charge in [-0.1, -0.05) is 0 Å². The van der Waals surface area contributed by atoms with Crippen molar-refractivity contribution < 1.29 is 9.84 Å². The van der Waals surface area contributed by atoms with Gasteiger partial charge >= 0.3 is 0 Å². The maximum Gasteiger partial charge on any atom is 0.128 e. The summed E-state index contributed by atoms with van der Waals surface area (Å²) < 4.78 is 5.70. The SMILES string of the molecule is Cc1cc(OC(C)(C)C)c(CO)cn1. The number of ether oxygens (including phenoxy) is 1. The second-order valence-corrected chi connectivity index (χ2v) is 4.31. The monoisotopic (exact) mass is 195 g/mol. The van der Waals surface area contributed by atoms with Crippen LogP contribution in [-0.2, 0) is 6.61 Å². The van der Waals surface area contributed by atoms with Gasteiger partial charge in [-0.25, -0.2) is 0 Å². The van der Waals surface area contributed by atoms with Crippen LogP contribution in [-0.4, -0.2) is 15.7 Å². The van der Waals surface area contributed by atoms with E-state index in [0.717, 1.165) is 11.3 Å². The third-order valence-electron chi connectivity index (χ3n) is 1.67. The van der Waals surface area contributed by atoms with Crippen LogP contribution in [0.1, 0.15) is 32.0 Å². The highest BCUT2D eigenvalue weighted by atomic mass is 16.5. The molecule has 0 aliphatic heterocycles. The lowest BCUT2D eigenvalue weighted by Crippen LogP contribution is -2.23. The van der Waals surface area contributed by atoms with Gasteiger partial charge in [0, 0.05) is 23.5 Å². The lowest BCUT2D eigenvalue weighted by molar-refractivity contribution is 0.126. The zero-order valence-electron chi connectivity index (χ0n) is 9.16. The molecule has 0 saturated carbocycles. The lowest BCUT2D eigenvalue weighted by atomic mass is 10.1. The smallest absolute Gasteiger partial charge is 0.128 e. The van der Waals surface area contributed by atoms with Gasteiger partial charge in [-0.15, -0.1) is 0 Å². The summed E-state index contributed by atoms with van der Waals surface area (Å²) in [5.74, 6) is 0.715. The number of nitrogens with zero attached hydrogens (tertiary/aromatic N) is 1. The van der Waals surface area contributed by atoms with E-state index in [-0.39, 0.29) is 12.2 Å². The number of aromatic nitrogens is 1. The fourth-order valence-electron chi connectivity index (χ4n) is 1.11. The van der Waals surface area contributed by atoms with Crippen LogP contribution in [0.15, 0.2) is 12.3 Å². The van der Waals surface area contributed by atoms with E-state index in [1.807, 2.05) is 33.8 Å². The Morgan fingerprint density at radius 3 is 2.57 bits per heavy atom. The number of hydrogen-bond acceptors (Lipinski definition) is 3. The molecule has 1 N–H and O–H groups in total. The summed E-state index contributed by atoms with van der Waals surface area (Å²) in [6.07, 6.45) is 1.65. The first-order valence-electron chi connectivity index (χ1n) is 4.68. The zero-order chi connectivity index (χ0) is 10.8. The number of rotatable bonds is 2. The van der Waals surface area contributed by atoms with Gasteiger partial charge in [-0.3, -0.25) is 4.98 Å². The molecule has 0 aliphatic carbocycles. The number of aliphatic hydroxyl groups is 1. The van der Waals surface area contributed by atoms with Crippen molar-refractivity contribution in [3.8, 4) is 5.75 Å². The summed E-state index contributed by atoms with van der Waals surface area (Å²) in [5, 5.41) is 9.09. The molecule has 0 spiro atoms. The van der Waals surface area contributed by atoms with Gasteiger partial charge < -0.3 is 9.84 Å². The molecule has 0 saturated heterocycles. The van der Waals surface area contributed by atoms with Crippen LogP contribution in [0.25, 0.3) is 0 Å². The molecule has 0 unspecified atom stereocenters. The van der Waals surface area contributed by atoms with Gasteiger partial charge in [0.15, 0.2) is 0 Å². The van der Waals surface area contributed by atoms with E-state index in [0.29, 0.717) is 5.75 Å². The second kappa shape index (κ2) is 3.96. The molecule has 0 amide bonds. The van der Waals surface area contributed by atoms with Crippen LogP contribution in [0.4, 0.5) is 0 Å². The number of aryl methyl sites for hydroxylation is 1. The van der Waals surface area contributed by atoms with Gasteiger partial charge in [0.25, 0.3) is 0 Å². The van der Waals surface area contributed by atoms with Crippen molar-refractivity contribution in [3.63, 3.8) is 0 Å². The summed E-state index contributed by atoms with van der Waals surface area (Å²) in [6.45, 7) is 7.78. The molecule has 1 aromatic heterocycles. The molecule has 0 aliphatic rings. The van der Waals surface area contributed by atoms with Crippen LogP contribution < -0.4 is 4.74 Å². The molecule has 1 aromatic rings. The predicted molar refractivity (Wildman–Crippen MR) is 55.3 cm³/mol. The van der Waals surface area contributed by atoms with Gasteiger partial charge in [0.05, 0.1) is 6.61 Å². The minimum atomic E-state index is -0.252. The highest BCUT2D eigenvalue weighted by Crippen LogP contribution is 2.23. The molecule has 14 heavy (non-hydrogen) atoms. The van der Waals surface area contributed by atoms with Crippen molar-refractivity contribution >= 4 is 0 Å². The molecule has 0 radical (unpaired) electrons. The van der Waals surface area contributed by atoms with Crippen molar-refractivity contribution in [3.05, 3.63) is 23.5 Å². The Balaban J connectivity index is 2.99. The highest BCUT2D eigenvalue weighted by Gasteiger charge is 2.14. The van der Waals surface area contributed by atoms with Gasteiger partial charge in [-0.2, -0.15) is 0 Å². The molecular formula is C11H17NO2. The first kappa shape index (κ1) is 11.0. The number of pyridine rings is 1. The van der Waals surface area contributed by atoms with E-state index < -0.39 is 0 Å². The Morgan fingerprint density at radius 2 is 2.07 bits per heavy atom. The normalized spacial score (nSPS) is 11.5. The Bertz CT molecular complexity index is 316. The molecule has 78 valence electrons. The van der Waals surface area contributed by atoms with Crippen molar-refractivity contribution in [1.29, 1.82) is 0 Å². The van der Waals surface area contributed by atoms with Crippen LogP contribution in [0.2, 0.25) is 0 Å². The summed E-state index contributed by atoms with van der Waals surface area (Å²) in [4.78, 5) is 4.10. The number of aliphatic hydroxyl groups excluding tert-OH is 1. The van der Waals surface area contributed by atoms with E-state index in [1.165, 1.54) is 0 Å². The number of hydrogen-bond donors (Lipinski definition) is 1.